The van der Waals surface area contributed by atoms with Crippen LogP contribution in [-0.4, -0.2) is 17.0 Å². The minimum Gasteiger partial charge on any atom is -0.409 e. The summed E-state index contributed by atoms with van der Waals surface area (Å²) < 4.78 is 0.701. The minimum absolute atomic E-state index is 0.145. The Kier molecular flexibility index (Phi) is 6.58. The number of nitrogens with two attached hydrogens (primary N) is 1. The van der Waals surface area contributed by atoms with Crippen molar-refractivity contribution in [2.24, 2.45) is 16.8 Å². The number of anilines is 1. The van der Waals surface area contributed by atoms with Gasteiger partial charge in [-0.1, -0.05) is 57.6 Å². The molecule has 0 aliphatic rings. The molecule has 4 N–H and O–H groups in total. The van der Waals surface area contributed by atoms with Gasteiger partial charge in [-0.05, 0) is 18.6 Å². The number of oxime groups is 1. The monoisotopic (exact) mass is 381 g/mol. The van der Waals surface area contributed by atoms with Crippen molar-refractivity contribution in [2.45, 2.75) is 19.8 Å². The highest BCUT2D eigenvalue weighted by Gasteiger charge is 2.24. The summed E-state index contributed by atoms with van der Waals surface area (Å²) in [6.45, 7) is 1.89. The second kappa shape index (κ2) is 7.71. The first-order valence-corrected chi connectivity index (χ1v) is 7.38. The van der Waals surface area contributed by atoms with Gasteiger partial charge < -0.3 is 16.3 Å². The molecule has 0 saturated heterocycles. The van der Waals surface area contributed by atoms with Crippen LogP contribution in [0.2, 0.25) is 10.0 Å². The number of hydrogen-bond donors (Lipinski definition) is 3. The first-order valence-electron chi connectivity index (χ1n) is 5.83. The maximum Gasteiger partial charge on any atom is 0.235 e. The maximum absolute atomic E-state index is 12.2. The smallest absolute Gasteiger partial charge is 0.235 e. The molecule has 20 heavy (non-hydrogen) atoms. The van der Waals surface area contributed by atoms with Crippen molar-refractivity contribution in [2.75, 3.05) is 5.32 Å². The molecule has 0 bridgehead atoms. The molecule has 0 fully saturated rings. The molecule has 0 heterocycles. The van der Waals surface area contributed by atoms with Gasteiger partial charge in [-0.2, -0.15) is 0 Å². The van der Waals surface area contributed by atoms with Crippen molar-refractivity contribution < 1.29 is 10.0 Å². The Morgan fingerprint density at radius 3 is 2.50 bits per heavy atom. The van der Waals surface area contributed by atoms with Gasteiger partial charge in [-0.3, -0.25) is 4.79 Å². The average Bonchev–Trinajstić information content (AvgIpc) is 2.39. The van der Waals surface area contributed by atoms with Gasteiger partial charge in [0.15, 0.2) is 5.84 Å². The third-order valence-corrected chi connectivity index (χ3v) is 3.68. The van der Waals surface area contributed by atoms with E-state index in [1.807, 2.05) is 6.92 Å². The molecule has 110 valence electrons. The van der Waals surface area contributed by atoms with Gasteiger partial charge in [0.25, 0.3) is 0 Å². The first kappa shape index (κ1) is 17.1. The summed E-state index contributed by atoms with van der Waals surface area (Å²) in [7, 11) is 0. The molecule has 5 nitrogen and oxygen atoms in total. The zero-order chi connectivity index (χ0) is 15.3. The van der Waals surface area contributed by atoms with E-state index in [-0.39, 0.29) is 5.84 Å². The number of carbonyl (C=O) groups excluding carboxylic acids is 1. The molecule has 0 saturated carbocycles. The molecule has 1 rings (SSSR count). The molecule has 8 heteroatoms. The predicted molar refractivity (Wildman–Crippen MR) is 84.6 cm³/mol. The van der Waals surface area contributed by atoms with Crippen molar-refractivity contribution in [3.8, 4) is 0 Å². The Morgan fingerprint density at radius 2 is 2.05 bits per heavy atom. The Hall–Kier alpha value is -0.980. The topological polar surface area (TPSA) is 87.7 Å². The molecule has 0 radical (unpaired) electrons. The van der Waals surface area contributed by atoms with Crippen molar-refractivity contribution in [3.05, 3.63) is 26.7 Å². The second-order valence-electron chi connectivity index (χ2n) is 4.10. The quantitative estimate of drug-likeness (QED) is 0.312. The Balaban J connectivity index is 3.00. The van der Waals surface area contributed by atoms with Gasteiger partial charge in [-0.25, -0.2) is 0 Å². The van der Waals surface area contributed by atoms with Gasteiger partial charge in [-0.15, -0.1) is 0 Å². The summed E-state index contributed by atoms with van der Waals surface area (Å²) in [5.74, 6) is -1.30. The number of carbonyl (C=O) groups is 1. The van der Waals surface area contributed by atoms with Crippen LogP contribution in [0.3, 0.4) is 0 Å². The molecule has 0 aromatic heterocycles. The van der Waals surface area contributed by atoms with E-state index in [9.17, 15) is 4.79 Å². The number of rotatable bonds is 5. The summed E-state index contributed by atoms with van der Waals surface area (Å²) >= 11 is 15.3. The number of amides is 1. The molecule has 0 spiro atoms. The maximum atomic E-state index is 12.2. The van der Waals surface area contributed by atoms with Crippen LogP contribution in [0, 0.1) is 5.92 Å². The second-order valence-corrected chi connectivity index (χ2v) is 5.83. The number of nitrogens with one attached hydrogen (secondary N) is 1. The number of halogens is 3. The molecular weight excluding hydrogens is 369 g/mol. The molecular formula is C12H14BrCl2N3O2. The molecule has 1 aromatic rings. The minimum atomic E-state index is -0.735. The fourth-order valence-corrected chi connectivity index (χ4v) is 2.95. The molecule has 1 aromatic carbocycles. The van der Waals surface area contributed by atoms with Crippen LogP contribution < -0.4 is 11.1 Å². The van der Waals surface area contributed by atoms with Crippen LogP contribution >= 0.6 is 39.1 Å². The van der Waals surface area contributed by atoms with Crippen LogP contribution in [-0.2, 0) is 4.79 Å². The number of amidine groups is 1. The Morgan fingerprint density at radius 1 is 1.50 bits per heavy atom. The number of hydrogen-bond acceptors (Lipinski definition) is 3. The molecule has 1 unspecified atom stereocenters. The predicted octanol–water partition coefficient (Wildman–Crippen LogP) is 3.86. The fourth-order valence-electron chi connectivity index (χ4n) is 1.64. The van der Waals surface area contributed by atoms with E-state index < -0.39 is 11.8 Å². The van der Waals surface area contributed by atoms with Gasteiger partial charge in [0.05, 0.1) is 21.7 Å². The summed E-state index contributed by atoms with van der Waals surface area (Å²) in [6.07, 6.45) is 1.16. The van der Waals surface area contributed by atoms with Crippen molar-refractivity contribution in [1.82, 2.24) is 0 Å². The van der Waals surface area contributed by atoms with Crippen molar-refractivity contribution in [1.29, 1.82) is 0 Å². The third kappa shape index (κ3) is 4.26. The highest BCUT2D eigenvalue weighted by Crippen LogP contribution is 2.34. The Bertz CT molecular complexity index is 514. The van der Waals surface area contributed by atoms with Gasteiger partial charge >= 0.3 is 0 Å². The zero-order valence-corrected chi connectivity index (χ0v) is 13.8. The average molecular weight is 383 g/mol. The highest BCUT2D eigenvalue weighted by atomic mass is 79.9. The lowest BCUT2D eigenvalue weighted by Gasteiger charge is -2.16. The third-order valence-electron chi connectivity index (χ3n) is 2.62. The standard InChI is InChI=1S/C12H14BrCl2N3O2/c1-2-3-7(11(16)18-20)12(19)17-10-8(14)4-6(13)5-9(10)15/h4-5,7,20H,2-3H2,1H3,(H2,16,18)(H,17,19). The lowest BCUT2D eigenvalue weighted by molar-refractivity contribution is -0.118. The summed E-state index contributed by atoms with van der Waals surface area (Å²) in [5.41, 5.74) is 5.82. The number of benzene rings is 1. The number of nitrogens with zero attached hydrogens (tertiary/aromatic N) is 1. The van der Waals surface area contributed by atoms with E-state index in [0.29, 0.717) is 33.0 Å². The summed E-state index contributed by atoms with van der Waals surface area (Å²) in [6, 6.07) is 3.22. The lowest BCUT2D eigenvalue weighted by atomic mass is 10.0. The van der Waals surface area contributed by atoms with Crippen LogP contribution in [0.15, 0.2) is 21.8 Å². The fraction of sp³-hybridized carbons (Fsp3) is 0.333. The van der Waals surface area contributed by atoms with Gasteiger partial charge in [0.1, 0.15) is 0 Å². The van der Waals surface area contributed by atoms with E-state index in [2.05, 4.69) is 26.4 Å². The van der Waals surface area contributed by atoms with Crippen LogP contribution in [0.4, 0.5) is 5.69 Å². The largest absolute Gasteiger partial charge is 0.409 e. The molecule has 0 aliphatic heterocycles. The van der Waals surface area contributed by atoms with E-state index in [0.717, 1.165) is 0 Å². The van der Waals surface area contributed by atoms with Gasteiger partial charge in [0, 0.05) is 4.47 Å². The van der Waals surface area contributed by atoms with Crippen LogP contribution in [0.1, 0.15) is 19.8 Å². The normalized spacial score (nSPS) is 13.1. The van der Waals surface area contributed by atoms with Crippen LogP contribution in [0.5, 0.6) is 0 Å². The van der Waals surface area contributed by atoms with Crippen molar-refractivity contribution >= 4 is 56.6 Å². The van der Waals surface area contributed by atoms with E-state index in [4.69, 9.17) is 34.1 Å². The zero-order valence-electron chi connectivity index (χ0n) is 10.7. The summed E-state index contributed by atoms with van der Waals surface area (Å²) in [4.78, 5) is 12.2. The van der Waals surface area contributed by atoms with E-state index in [1.54, 1.807) is 12.1 Å². The van der Waals surface area contributed by atoms with Gasteiger partial charge in [0.2, 0.25) is 5.91 Å². The van der Waals surface area contributed by atoms with E-state index in [1.165, 1.54) is 0 Å². The highest BCUT2D eigenvalue weighted by molar-refractivity contribution is 9.10. The molecule has 1 atom stereocenters. The summed E-state index contributed by atoms with van der Waals surface area (Å²) in [5, 5.41) is 14.8. The SMILES string of the molecule is CCCC(C(=O)Nc1c(Cl)cc(Br)cc1Cl)C(N)=NO. The lowest BCUT2D eigenvalue weighted by Crippen LogP contribution is -2.34. The molecule has 0 aliphatic carbocycles. The molecule has 1 amide bonds. The van der Waals surface area contributed by atoms with Crippen molar-refractivity contribution in [3.63, 3.8) is 0 Å². The first-order chi connectivity index (χ1) is 9.40. The van der Waals surface area contributed by atoms with E-state index >= 15 is 0 Å². The Labute approximate surface area is 135 Å². The van der Waals surface area contributed by atoms with Crippen LogP contribution in [0.25, 0.3) is 0 Å².